The number of hydrogen-bond donors (Lipinski definition) is 2. The zero-order valence-electron chi connectivity index (χ0n) is 19.0. The van der Waals surface area contributed by atoms with Gasteiger partial charge in [0.25, 0.3) is 11.8 Å². The number of aromatic carboxylic acids is 1. The van der Waals surface area contributed by atoms with Crippen LogP contribution in [0.3, 0.4) is 0 Å². The predicted molar refractivity (Wildman–Crippen MR) is 143 cm³/mol. The molecule has 3 aromatic rings. The first-order valence-electron chi connectivity index (χ1n) is 10.6. The van der Waals surface area contributed by atoms with Crippen molar-refractivity contribution in [2.24, 2.45) is 0 Å². The predicted octanol–water partition coefficient (Wildman–Crippen LogP) is 4.82. The molecule has 0 atom stereocenters. The second kappa shape index (κ2) is 11.1. The number of rotatable bonds is 8. The van der Waals surface area contributed by atoms with Gasteiger partial charge >= 0.3 is 5.97 Å². The van der Waals surface area contributed by atoms with Crippen molar-refractivity contribution in [2.45, 2.75) is 0 Å². The minimum absolute atomic E-state index is 0.122. The van der Waals surface area contributed by atoms with E-state index in [0.29, 0.717) is 37.7 Å². The van der Waals surface area contributed by atoms with E-state index in [2.05, 4.69) is 5.32 Å². The fraction of sp³-hybridized carbons (Fsp3) is 0.0769. The second-order valence-corrected chi connectivity index (χ2v) is 9.16. The maximum absolute atomic E-state index is 12.9. The van der Waals surface area contributed by atoms with Crippen molar-refractivity contribution in [3.8, 4) is 11.5 Å². The number of nitrogens with zero attached hydrogens (tertiary/aromatic N) is 1. The lowest BCUT2D eigenvalue weighted by Crippen LogP contribution is -2.27. The molecule has 36 heavy (non-hydrogen) atoms. The monoisotopic (exact) mass is 520 g/mol. The quantitative estimate of drug-likeness (QED) is 0.322. The van der Waals surface area contributed by atoms with Gasteiger partial charge in [-0.1, -0.05) is 48.2 Å². The maximum atomic E-state index is 12.9. The first-order valence-corrected chi connectivity index (χ1v) is 11.9. The van der Waals surface area contributed by atoms with Crippen molar-refractivity contribution in [3.63, 3.8) is 0 Å². The molecule has 0 saturated carbocycles. The molecule has 2 N–H and O–H groups in total. The zero-order valence-corrected chi connectivity index (χ0v) is 20.6. The molecule has 1 fully saturated rings. The highest BCUT2D eigenvalue weighted by molar-refractivity contribution is 8.27. The maximum Gasteiger partial charge on any atom is 0.335 e. The number of carbonyl (C=O) groups excluding carboxylic acids is 2. The van der Waals surface area contributed by atoms with Crippen LogP contribution in [0.5, 0.6) is 11.5 Å². The van der Waals surface area contributed by atoms with E-state index in [1.165, 1.54) is 48.0 Å². The number of thioether (sulfide) groups is 1. The van der Waals surface area contributed by atoms with Gasteiger partial charge in [-0.2, -0.15) is 0 Å². The first kappa shape index (κ1) is 25.0. The van der Waals surface area contributed by atoms with E-state index in [4.69, 9.17) is 26.8 Å². The summed E-state index contributed by atoms with van der Waals surface area (Å²) in [5, 5.41) is 11.6. The van der Waals surface area contributed by atoms with Crippen LogP contribution in [0.4, 0.5) is 11.4 Å². The van der Waals surface area contributed by atoms with Gasteiger partial charge in [-0.3, -0.25) is 14.5 Å². The van der Waals surface area contributed by atoms with Crippen molar-refractivity contribution in [1.82, 2.24) is 0 Å². The smallest absolute Gasteiger partial charge is 0.335 e. The zero-order chi connectivity index (χ0) is 25.7. The molecule has 0 aliphatic carbocycles. The number of amides is 2. The Bertz CT molecular complexity index is 1360. The summed E-state index contributed by atoms with van der Waals surface area (Å²) in [7, 11) is 1.48. The first-order chi connectivity index (χ1) is 17.4. The topological polar surface area (TPSA) is 105 Å². The highest BCUT2D eigenvalue weighted by atomic mass is 32.2. The van der Waals surface area contributed by atoms with Crippen molar-refractivity contribution in [1.29, 1.82) is 0 Å². The van der Waals surface area contributed by atoms with Crippen LogP contribution in [0.2, 0.25) is 0 Å². The van der Waals surface area contributed by atoms with Gasteiger partial charge in [0, 0.05) is 5.69 Å². The molecule has 1 saturated heterocycles. The molecule has 10 heteroatoms. The molecule has 0 spiro atoms. The van der Waals surface area contributed by atoms with Crippen LogP contribution in [-0.2, 0) is 9.59 Å². The molecular weight excluding hydrogens is 500 g/mol. The molecule has 2 amide bonds. The molecule has 4 rings (SSSR count). The molecule has 182 valence electrons. The Hall–Kier alpha value is -4.15. The second-order valence-electron chi connectivity index (χ2n) is 7.48. The van der Waals surface area contributed by atoms with Crippen LogP contribution in [-0.4, -0.2) is 40.9 Å². The molecule has 8 nitrogen and oxygen atoms in total. The number of carboxylic acid groups (broad SMARTS) is 1. The van der Waals surface area contributed by atoms with E-state index in [0.717, 1.165) is 0 Å². The van der Waals surface area contributed by atoms with Crippen molar-refractivity contribution >= 4 is 63.5 Å². The van der Waals surface area contributed by atoms with Gasteiger partial charge in [-0.05, 0) is 60.2 Å². The van der Waals surface area contributed by atoms with Crippen LogP contribution in [0.25, 0.3) is 6.08 Å². The third-order valence-corrected chi connectivity index (χ3v) is 6.37. The number of ether oxygens (including phenoxy) is 2. The summed E-state index contributed by atoms with van der Waals surface area (Å²) in [5.74, 6) is -0.935. The van der Waals surface area contributed by atoms with E-state index in [9.17, 15) is 14.4 Å². The average molecular weight is 521 g/mol. The molecule has 0 aromatic heterocycles. The fourth-order valence-corrected chi connectivity index (χ4v) is 4.65. The largest absolute Gasteiger partial charge is 0.493 e. The molecular formula is C26H20N2O6S2. The molecule has 3 aromatic carbocycles. The lowest BCUT2D eigenvalue weighted by Gasteiger charge is -2.14. The molecule has 0 bridgehead atoms. The minimum Gasteiger partial charge on any atom is -0.493 e. The van der Waals surface area contributed by atoms with E-state index in [-0.39, 0.29) is 18.1 Å². The summed E-state index contributed by atoms with van der Waals surface area (Å²) in [4.78, 5) is 38.1. The summed E-state index contributed by atoms with van der Waals surface area (Å²) in [6.45, 7) is -0.286. The molecule has 1 aliphatic heterocycles. The van der Waals surface area contributed by atoms with Gasteiger partial charge in [-0.25, -0.2) is 4.79 Å². The highest BCUT2D eigenvalue weighted by Gasteiger charge is 2.33. The summed E-state index contributed by atoms with van der Waals surface area (Å²) in [5.41, 5.74) is 1.98. The molecule has 0 unspecified atom stereocenters. The van der Waals surface area contributed by atoms with Crippen LogP contribution in [0.15, 0.2) is 77.7 Å². The van der Waals surface area contributed by atoms with Crippen molar-refractivity contribution in [3.05, 3.63) is 88.8 Å². The lowest BCUT2D eigenvalue weighted by molar-refractivity contribution is -0.118. The summed E-state index contributed by atoms with van der Waals surface area (Å²) < 4.78 is 11.5. The number of carbonyl (C=O) groups is 3. The lowest BCUT2D eigenvalue weighted by atomic mass is 10.2. The Balaban J connectivity index is 1.42. The highest BCUT2D eigenvalue weighted by Crippen LogP contribution is 2.37. The molecule has 0 radical (unpaired) electrons. The van der Waals surface area contributed by atoms with Gasteiger partial charge in [-0.15, -0.1) is 0 Å². The Morgan fingerprint density at radius 3 is 2.44 bits per heavy atom. The van der Waals surface area contributed by atoms with Crippen LogP contribution in [0.1, 0.15) is 15.9 Å². The number of methoxy groups -OCH3 is 1. The van der Waals surface area contributed by atoms with E-state index >= 15 is 0 Å². The van der Waals surface area contributed by atoms with E-state index in [1.54, 1.807) is 24.3 Å². The molecule has 1 aliphatic rings. The third-order valence-electron chi connectivity index (χ3n) is 5.07. The minimum atomic E-state index is -1.05. The number of benzene rings is 3. The van der Waals surface area contributed by atoms with E-state index in [1.807, 2.05) is 30.3 Å². The Labute approximate surface area is 216 Å². The number of hydrogen-bond acceptors (Lipinski definition) is 7. The standard InChI is InChI=1S/C26H20N2O6S2/c1-33-21-13-16(14-22-24(30)28(26(35)36-22)19-5-3-2-4-6-19)7-12-20(21)34-15-23(29)27-18-10-8-17(9-11-18)25(31)32/h2-14H,15H2,1H3,(H,27,29)(H,31,32). The number of thiocarbonyl (C=S) groups is 1. The van der Waals surface area contributed by atoms with E-state index < -0.39 is 11.9 Å². The SMILES string of the molecule is COc1cc(C=C2SC(=S)N(c3ccccc3)C2=O)ccc1OCC(=O)Nc1ccc(C(=O)O)cc1. The van der Waals surface area contributed by atoms with Gasteiger partial charge in [0.1, 0.15) is 0 Å². The van der Waals surface area contributed by atoms with Crippen LogP contribution < -0.4 is 19.7 Å². The summed E-state index contributed by atoms with van der Waals surface area (Å²) in [6.07, 6.45) is 1.72. The normalized spacial score (nSPS) is 14.1. The number of nitrogens with one attached hydrogen (secondary N) is 1. The van der Waals surface area contributed by atoms with Gasteiger partial charge in [0.15, 0.2) is 22.4 Å². The molecule has 1 heterocycles. The van der Waals surface area contributed by atoms with Crippen molar-refractivity contribution in [2.75, 3.05) is 23.9 Å². The number of para-hydroxylation sites is 1. The van der Waals surface area contributed by atoms with Crippen molar-refractivity contribution < 1.29 is 29.0 Å². The van der Waals surface area contributed by atoms with Gasteiger partial charge in [0.2, 0.25) is 0 Å². The number of carboxylic acids is 1. The van der Waals surface area contributed by atoms with Gasteiger partial charge in [0.05, 0.1) is 23.3 Å². The van der Waals surface area contributed by atoms with Crippen LogP contribution >= 0.6 is 24.0 Å². The van der Waals surface area contributed by atoms with Gasteiger partial charge < -0.3 is 19.9 Å². The number of anilines is 2. The average Bonchev–Trinajstić information content (AvgIpc) is 3.16. The Kier molecular flexibility index (Phi) is 7.67. The Morgan fingerprint density at radius 2 is 1.78 bits per heavy atom. The fourth-order valence-electron chi connectivity index (χ4n) is 3.35. The summed E-state index contributed by atoms with van der Waals surface area (Å²) >= 11 is 6.62. The third kappa shape index (κ3) is 5.73. The Morgan fingerprint density at radius 1 is 1.06 bits per heavy atom. The summed E-state index contributed by atoms with van der Waals surface area (Å²) in [6, 6.07) is 20.1. The van der Waals surface area contributed by atoms with Crippen LogP contribution in [0, 0.1) is 0 Å².